The molecule has 10 heteroatoms. The number of unbranched alkanes of at least 4 members (excludes halogenated alkanes) is 2. The van der Waals surface area contributed by atoms with Gasteiger partial charge in [-0.05, 0) is 81.8 Å². The van der Waals surface area contributed by atoms with Gasteiger partial charge in [-0.1, -0.05) is 42.0 Å². The maximum atomic E-state index is 14.0. The number of carbonyl (C=O) groups is 4. The fourth-order valence-electron chi connectivity index (χ4n) is 6.06. The van der Waals surface area contributed by atoms with Gasteiger partial charge in [0.15, 0.2) is 0 Å². The van der Waals surface area contributed by atoms with Gasteiger partial charge in [0, 0.05) is 26.2 Å². The molecular formula is C33H35N3O6S. The molecule has 3 aromatic rings. The average Bonchev–Trinajstić information content (AvgIpc) is 3.35. The van der Waals surface area contributed by atoms with Crippen LogP contribution in [0.1, 0.15) is 83.8 Å². The fourth-order valence-corrected chi connectivity index (χ4v) is 7.98. The van der Waals surface area contributed by atoms with Crippen LogP contribution in [0.3, 0.4) is 0 Å². The van der Waals surface area contributed by atoms with Gasteiger partial charge in [0.2, 0.25) is 10.0 Å². The van der Waals surface area contributed by atoms with Gasteiger partial charge in [-0.2, -0.15) is 4.31 Å². The number of carbonyl (C=O) groups excluding carboxylic acids is 4. The van der Waals surface area contributed by atoms with Crippen LogP contribution in [0, 0.1) is 20.8 Å². The highest BCUT2D eigenvalue weighted by Crippen LogP contribution is 2.27. The monoisotopic (exact) mass is 601 g/mol. The minimum Gasteiger partial charge on any atom is -0.274 e. The first kappa shape index (κ1) is 30.3. The number of benzene rings is 3. The lowest BCUT2D eigenvalue weighted by Crippen LogP contribution is -2.36. The van der Waals surface area contributed by atoms with Crippen molar-refractivity contribution < 1.29 is 27.6 Å². The summed E-state index contributed by atoms with van der Waals surface area (Å²) < 4.78 is 29.4. The van der Waals surface area contributed by atoms with Crippen molar-refractivity contribution in [3.63, 3.8) is 0 Å². The number of amides is 4. The molecule has 9 nitrogen and oxygen atoms in total. The second kappa shape index (κ2) is 12.2. The minimum atomic E-state index is -3.87. The van der Waals surface area contributed by atoms with Crippen LogP contribution < -0.4 is 0 Å². The molecule has 0 bridgehead atoms. The molecule has 0 unspecified atom stereocenters. The summed E-state index contributed by atoms with van der Waals surface area (Å²) in [5.74, 6) is -1.32. The van der Waals surface area contributed by atoms with Crippen molar-refractivity contribution in [2.24, 2.45) is 0 Å². The minimum absolute atomic E-state index is 0.197. The van der Waals surface area contributed by atoms with Crippen LogP contribution in [0.2, 0.25) is 0 Å². The van der Waals surface area contributed by atoms with Crippen LogP contribution in [0.5, 0.6) is 0 Å². The SMILES string of the molecule is Cc1cc(C)c(S(=O)(=O)N(CCCCN2C(=O)c3ccccc3C2=O)CCCCN2C(=O)c3ccccc3C2=O)c(C)c1. The number of nitrogens with zero attached hydrogens (tertiary/aromatic N) is 3. The van der Waals surface area contributed by atoms with E-state index in [1.54, 1.807) is 62.4 Å². The maximum absolute atomic E-state index is 14.0. The van der Waals surface area contributed by atoms with E-state index in [4.69, 9.17) is 0 Å². The maximum Gasteiger partial charge on any atom is 0.261 e. The first-order chi connectivity index (χ1) is 20.5. The predicted molar refractivity (Wildman–Crippen MR) is 161 cm³/mol. The normalized spacial score (nSPS) is 14.7. The van der Waals surface area contributed by atoms with Crippen molar-refractivity contribution in [1.29, 1.82) is 0 Å². The number of fused-ring (bicyclic) bond motifs is 2. The Morgan fingerprint density at radius 3 is 1.28 bits per heavy atom. The lowest BCUT2D eigenvalue weighted by molar-refractivity contribution is 0.0637. The summed E-state index contributed by atoms with van der Waals surface area (Å²) >= 11 is 0. The smallest absolute Gasteiger partial charge is 0.261 e. The van der Waals surface area contributed by atoms with E-state index in [2.05, 4.69) is 0 Å². The van der Waals surface area contributed by atoms with Crippen LogP contribution in [-0.2, 0) is 10.0 Å². The van der Waals surface area contributed by atoms with Gasteiger partial charge in [0.25, 0.3) is 23.6 Å². The second-order valence-electron chi connectivity index (χ2n) is 11.2. The molecular weight excluding hydrogens is 566 g/mol. The van der Waals surface area contributed by atoms with Gasteiger partial charge in [0.05, 0.1) is 27.1 Å². The summed E-state index contributed by atoms with van der Waals surface area (Å²) in [7, 11) is -3.87. The third-order valence-corrected chi connectivity index (χ3v) is 10.2. The molecule has 4 amide bonds. The zero-order chi connectivity index (χ0) is 30.9. The highest BCUT2D eigenvalue weighted by atomic mass is 32.2. The Morgan fingerprint density at radius 1 is 0.581 bits per heavy atom. The summed E-state index contributed by atoms with van der Waals surface area (Å²) in [6, 6.07) is 17.1. The van der Waals surface area contributed by atoms with E-state index in [1.165, 1.54) is 14.1 Å². The molecule has 0 aromatic heterocycles. The Kier molecular flexibility index (Phi) is 8.62. The number of hydrogen-bond donors (Lipinski definition) is 0. The van der Waals surface area contributed by atoms with E-state index in [9.17, 15) is 27.6 Å². The molecule has 0 radical (unpaired) electrons. The molecule has 3 aromatic carbocycles. The zero-order valence-electron chi connectivity index (χ0n) is 24.6. The number of sulfonamides is 1. The van der Waals surface area contributed by atoms with E-state index in [1.807, 2.05) is 19.1 Å². The van der Waals surface area contributed by atoms with Gasteiger partial charge in [-0.15, -0.1) is 0 Å². The molecule has 2 aliphatic rings. The highest BCUT2D eigenvalue weighted by Gasteiger charge is 2.36. The first-order valence-electron chi connectivity index (χ1n) is 14.5. The van der Waals surface area contributed by atoms with E-state index in [0.717, 1.165) is 5.56 Å². The Balaban J connectivity index is 1.25. The molecule has 0 saturated carbocycles. The standard InChI is InChI=1S/C33H35N3O6S/c1-22-20-23(2)29(24(3)21-22)43(41,42)34(16-8-10-18-35-30(37)25-12-4-5-13-26(25)31(35)38)17-9-11-19-36-32(39)27-14-6-7-15-28(27)33(36)40/h4-7,12-15,20-21H,8-11,16-19H2,1-3H3. The molecule has 0 atom stereocenters. The number of imide groups is 2. The number of aryl methyl sites for hydroxylation is 3. The molecule has 0 saturated heterocycles. The number of hydrogen-bond acceptors (Lipinski definition) is 6. The average molecular weight is 602 g/mol. The molecule has 43 heavy (non-hydrogen) atoms. The third-order valence-electron chi connectivity index (χ3n) is 8.04. The quantitative estimate of drug-likeness (QED) is 0.219. The van der Waals surface area contributed by atoms with Crippen molar-refractivity contribution in [3.8, 4) is 0 Å². The predicted octanol–water partition coefficient (Wildman–Crippen LogP) is 4.76. The Labute approximate surface area is 252 Å². The van der Waals surface area contributed by atoms with Crippen LogP contribution in [-0.4, -0.2) is 72.3 Å². The summed E-state index contributed by atoms with van der Waals surface area (Å²) in [6.07, 6.45) is 1.76. The van der Waals surface area contributed by atoms with Crippen molar-refractivity contribution in [3.05, 3.63) is 99.6 Å². The largest absolute Gasteiger partial charge is 0.274 e. The summed E-state index contributed by atoms with van der Waals surface area (Å²) in [5, 5.41) is 0. The summed E-state index contributed by atoms with van der Waals surface area (Å²) in [4.78, 5) is 53.6. The fraction of sp³-hybridized carbons (Fsp3) is 0.333. The van der Waals surface area contributed by atoms with E-state index >= 15 is 0 Å². The molecule has 2 heterocycles. The molecule has 0 spiro atoms. The molecule has 0 aliphatic carbocycles. The lowest BCUT2D eigenvalue weighted by Gasteiger charge is -2.25. The highest BCUT2D eigenvalue weighted by molar-refractivity contribution is 7.89. The van der Waals surface area contributed by atoms with Gasteiger partial charge >= 0.3 is 0 Å². The van der Waals surface area contributed by atoms with Gasteiger partial charge in [0.1, 0.15) is 0 Å². The van der Waals surface area contributed by atoms with Crippen molar-refractivity contribution in [2.75, 3.05) is 26.2 Å². The van der Waals surface area contributed by atoms with Crippen LogP contribution >= 0.6 is 0 Å². The number of rotatable bonds is 12. The van der Waals surface area contributed by atoms with E-state index in [0.29, 0.717) is 59.1 Å². The molecule has 0 fully saturated rings. The topological polar surface area (TPSA) is 112 Å². The Hall–Kier alpha value is -4.15. The van der Waals surface area contributed by atoms with Gasteiger partial charge in [-0.25, -0.2) is 8.42 Å². The zero-order valence-corrected chi connectivity index (χ0v) is 25.4. The first-order valence-corrected chi connectivity index (χ1v) is 15.9. The van der Waals surface area contributed by atoms with Gasteiger partial charge < -0.3 is 0 Å². The van der Waals surface area contributed by atoms with Crippen LogP contribution in [0.15, 0.2) is 65.6 Å². The van der Waals surface area contributed by atoms with Crippen LogP contribution in [0.4, 0.5) is 0 Å². The molecule has 5 rings (SSSR count). The van der Waals surface area contributed by atoms with Gasteiger partial charge in [-0.3, -0.25) is 29.0 Å². The second-order valence-corrected chi connectivity index (χ2v) is 13.0. The summed E-state index contributed by atoms with van der Waals surface area (Å²) in [5.41, 5.74) is 3.86. The lowest BCUT2D eigenvalue weighted by atomic mass is 10.1. The van der Waals surface area contributed by atoms with E-state index < -0.39 is 10.0 Å². The Bertz CT molecular complexity index is 1560. The molecule has 224 valence electrons. The Morgan fingerprint density at radius 2 is 0.930 bits per heavy atom. The van der Waals surface area contributed by atoms with E-state index in [-0.39, 0.29) is 54.7 Å². The summed E-state index contributed by atoms with van der Waals surface area (Å²) in [6.45, 7) is 6.29. The third kappa shape index (κ3) is 5.77. The molecule has 2 aliphatic heterocycles. The van der Waals surface area contributed by atoms with Crippen molar-refractivity contribution in [1.82, 2.24) is 14.1 Å². The van der Waals surface area contributed by atoms with Crippen LogP contribution in [0.25, 0.3) is 0 Å². The van der Waals surface area contributed by atoms with Crippen molar-refractivity contribution in [2.45, 2.75) is 51.3 Å². The van der Waals surface area contributed by atoms with Crippen molar-refractivity contribution >= 4 is 33.7 Å². The molecule has 0 N–H and O–H groups in total.